The molecule has 0 saturated heterocycles. The van der Waals surface area contributed by atoms with E-state index in [4.69, 9.17) is 0 Å². The van der Waals surface area contributed by atoms with Crippen LogP contribution in [0.1, 0.15) is 26.7 Å². The zero-order chi connectivity index (χ0) is 7.45. The molecule has 0 aromatic carbocycles. The summed E-state index contributed by atoms with van der Waals surface area (Å²) in [5.74, 6) is 0. The summed E-state index contributed by atoms with van der Waals surface area (Å²) >= 11 is 0. The van der Waals surface area contributed by atoms with Crippen molar-refractivity contribution in [2.24, 2.45) is 5.41 Å². The van der Waals surface area contributed by atoms with Gasteiger partial charge in [-0.3, -0.25) is 0 Å². The molecule has 0 unspecified atom stereocenters. The van der Waals surface area contributed by atoms with Crippen LogP contribution in [-0.2, 0) is 0 Å². The van der Waals surface area contributed by atoms with Gasteiger partial charge in [0, 0.05) is 13.1 Å². The topological polar surface area (TPSA) is 12.0 Å². The van der Waals surface area contributed by atoms with E-state index >= 15 is 0 Å². The lowest BCUT2D eigenvalue weighted by Crippen LogP contribution is -2.21. The van der Waals surface area contributed by atoms with Crippen molar-refractivity contribution in [1.29, 1.82) is 0 Å². The van der Waals surface area contributed by atoms with Crippen molar-refractivity contribution < 1.29 is 0 Å². The first kappa shape index (κ1) is 7.80. The summed E-state index contributed by atoms with van der Waals surface area (Å²) in [7, 11) is 0. The van der Waals surface area contributed by atoms with Crippen LogP contribution in [0.2, 0.25) is 0 Å². The van der Waals surface area contributed by atoms with Crippen LogP contribution < -0.4 is 5.32 Å². The van der Waals surface area contributed by atoms with Gasteiger partial charge in [0.05, 0.1) is 0 Å². The molecule has 1 N–H and O–H groups in total. The molecule has 0 spiro atoms. The minimum Gasteiger partial charge on any atom is -0.313 e. The van der Waals surface area contributed by atoms with Crippen LogP contribution >= 0.6 is 0 Å². The third-order valence-corrected chi connectivity index (χ3v) is 2.15. The normalized spacial score (nSPS) is 21.8. The molecule has 1 rings (SSSR count). The number of hydrogen-bond donors (Lipinski definition) is 1. The summed E-state index contributed by atoms with van der Waals surface area (Å²) in [6.45, 7) is 6.62. The second-order valence-corrected chi connectivity index (χ2v) is 3.51. The number of nitrogens with one attached hydrogen (secondary N) is 1. The lowest BCUT2D eigenvalue weighted by atomic mass is 10.1. The first-order valence-electron chi connectivity index (χ1n) is 4.09. The van der Waals surface area contributed by atoms with E-state index in [1.54, 1.807) is 0 Å². The van der Waals surface area contributed by atoms with Crippen LogP contribution in [0.4, 0.5) is 0 Å². The van der Waals surface area contributed by atoms with Crippen molar-refractivity contribution in [2.45, 2.75) is 26.7 Å². The van der Waals surface area contributed by atoms with Gasteiger partial charge in [0.25, 0.3) is 0 Å². The smallest absolute Gasteiger partial charge is 0.0135 e. The fourth-order valence-electron chi connectivity index (χ4n) is 0.965. The Kier molecular flexibility index (Phi) is 2.50. The van der Waals surface area contributed by atoms with E-state index in [0.717, 1.165) is 6.54 Å². The Bertz CT molecular complexity index is 123. The predicted octanol–water partition coefficient (Wildman–Crippen LogP) is 1.95. The molecular formula is C9H17N. The molecule has 0 heterocycles. The highest BCUT2D eigenvalue weighted by Gasteiger charge is 2.36. The maximum absolute atomic E-state index is 3.40. The summed E-state index contributed by atoms with van der Waals surface area (Å²) in [6.07, 6.45) is 7.07. The molecule has 0 aromatic heterocycles. The average Bonchev–Trinajstić information content (AvgIpc) is 2.62. The van der Waals surface area contributed by atoms with E-state index in [9.17, 15) is 0 Å². The summed E-state index contributed by atoms with van der Waals surface area (Å²) in [4.78, 5) is 0. The third-order valence-electron chi connectivity index (χ3n) is 2.15. The largest absolute Gasteiger partial charge is 0.313 e. The second-order valence-electron chi connectivity index (χ2n) is 3.51. The molecule has 1 aliphatic carbocycles. The molecule has 58 valence electrons. The fourth-order valence-corrected chi connectivity index (χ4v) is 0.965. The van der Waals surface area contributed by atoms with Gasteiger partial charge in [0.2, 0.25) is 0 Å². The van der Waals surface area contributed by atoms with Crippen molar-refractivity contribution in [3.63, 3.8) is 0 Å². The molecule has 0 aliphatic heterocycles. The predicted molar refractivity (Wildman–Crippen MR) is 45.0 cm³/mol. The van der Waals surface area contributed by atoms with E-state index < -0.39 is 0 Å². The Morgan fingerprint density at radius 3 is 2.70 bits per heavy atom. The van der Waals surface area contributed by atoms with E-state index in [-0.39, 0.29) is 0 Å². The van der Waals surface area contributed by atoms with Gasteiger partial charge in [0.15, 0.2) is 0 Å². The van der Waals surface area contributed by atoms with E-state index in [2.05, 4.69) is 31.3 Å². The summed E-state index contributed by atoms with van der Waals surface area (Å²) in [5.41, 5.74) is 0.654. The molecule has 0 aromatic rings. The molecule has 1 fully saturated rings. The van der Waals surface area contributed by atoms with Crippen LogP contribution in [0.25, 0.3) is 0 Å². The second kappa shape index (κ2) is 3.20. The minimum absolute atomic E-state index is 0.654. The maximum Gasteiger partial charge on any atom is 0.0135 e. The Morgan fingerprint density at radius 1 is 1.50 bits per heavy atom. The zero-order valence-corrected chi connectivity index (χ0v) is 6.98. The van der Waals surface area contributed by atoms with Gasteiger partial charge in [-0.15, -0.1) is 0 Å². The summed E-state index contributed by atoms with van der Waals surface area (Å²) in [5, 5.41) is 3.40. The standard InChI is InChI=1S/C9H17N/c1-3-4-7-10-8-9(2)5-6-9/h3-4,10H,5-8H2,1-2H3/b4-3+. The van der Waals surface area contributed by atoms with Gasteiger partial charge in [-0.25, -0.2) is 0 Å². The van der Waals surface area contributed by atoms with Crippen LogP contribution in [0.5, 0.6) is 0 Å². The SMILES string of the molecule is C/C=C/CNCC1(C)CC1. The van der Waals surface area contributed by atoms with Crippen LogP contribution in [0, 0.1) is 5.41 Å². The minimum atomic E-state index is 0.654. The quantitative estimate of drug-likeness (QED) is 0.463. The fraction of sp³-hybridized carbons (Fsp3) is 0.778. The van der Waals surface area contributed by atoms with Crippen molar-refractivity contribution in [3.8, 4) is 0 Å². The Balaban J connectivity index is 1.95. The third kappa shape index (κ3) is 2.53. The molecule has 1 saturated carbocycles. The first-order chi connectivity index (χ1) is 4.77. The van der Waals surface area contributed by atoms with Gasteiger partial charge in [-0.2, -0.15) is 0 Å². The highest BCUT2D eigenvalue weighted by molar-refractivity contribution is 4.91. The lowest BCUT2D eigenvalue weighted by Gasteiger charge is -2.06. The lowest BCUT2D eigenvalue weighted by molar-refractivity contribution is 0.518. The first-order valence-corrected chi connectivity index (χ1v) is 4.09. The van der Waals surface area contributed by atoms with Crippen LogP contribution in [0.3, 0.4) is 0 Å². The Labute approximate surface area is 63.5 Å². The van der Waals surface area contributed by atoms with E-state index in [1.165, 1.54) is 19.4 Å². The van der Waals surface area contributed by atoms with E-state index in [0.29, 0.717) is 5.41 Å². The molecule has 0 amide bonds. The molecule has 0 radical (unpaired) electrons. The molecule has 0 bridgehead atoms. The number of allylic oxidation sites excluding steroid dienone is 1. The van der Waals surface area contributed by atoms with Crippen LogP contribution in [-0.4, -0.2) is 13.1 Å². The zero-order valence-electron chi connectivity index (χ0n) is 6.98. The Morgan fingerprint density at radius 2 is 2.20 bits per heavy atom. The number of hydrogen-bond acceptors (Lipinski definition) is 1. The van der Waals surface area contributed by atoms with Gasteiger partial charge >= 0.3 is 0 Å². The van der Waals surface area contributed by atoms with Crippen molar-refractivity contribution >= 4 is 0 Å². The number of rotatable bonds is 4. The van der Waals surface area contributed by atoms with Gasteiger partial charge in [0.1, 0.15) is 0 Å². The molecule has 1 nitrogen and oxygen atoms in total. The maximum atomic E-state index is 3.40. The highest BCUT2D eigenvalue weighted by Crippen LogP contribution is 2.43. The van der Waals surface area contributed by atoms with Crippen molar-refractivity contribution in [3.05, 3.63) is 12.2 Å². The van der Waals surface area contributed by atoms with E-state index in [1.807, 2.05) is 0 Å². The monoisotopic (exact) mass is 139 g/mol. The Hall–Kier alpha value is -0.300. The highest BCUT2D eigenvalue weighted by atomic mass is 14.9. The summed E-state index contributed by atoms with van der Waals surface area (Å²) in [6, 6.07) is 0. The van der Waals surface area contributed by atoms with Gasteiger partial charge in [-0.1, -0.05) is 19.1 Å². The van der Waals surface area contributed by atoms with Crippen molar-refractivity contribution in [1.82, 2.24) is 5.32 Å². The molecule has 1 heteroatoms. The van der Waals surface area contributed by atoms with Gasteiger partial charge in [-0.05, 0) is 25.2 Å². The average molecular weight is 139 g/mol. The summed E-state index contributed by atoms with van der Waals surface area (Å²) < 4.78 is 0. The van der Waals surface area contributed by atoms with Crippen molar-refractivity contribution in [2.75, 3.05) is 13.1 Å². The molecule has 10 heavy (non-hydrogen) atoms. The molecular weight excluding hydrogens is 122 g/mol. The van der Waals surface area contributed by atoms with Crippen LogP contribution in [0.15, 0.2) is 12.2 Å². The molecule has 0 atom stereocenters. The van der Waals surface area contributed by atoms with Gasteiger partial charge < -0.3 is 5.32 Å². The molecule has 1 aliphatic rings.